The summed E-state index contributed by atoms with van der Waals surface area (Å²) in [7, 11) is 0.381. The van der Waals surface area contributed by atoms with Gasteiger partial charge in [-0.25, -0.2) is 12.7 Å². The van der Waals surface area contributed by atoms with E-state index in [1.54, 1.807) is 25.9 Å². The van der Waals surface area contributed by atoms with Crippen LogP contribution in [0.3, 0.4) is 0 Å². The molecule has 7 heteroatoms. The maximum Gasteiger partial charge on any atom is 0.215 e. The maximum absolute atomic E-state index is 11.6. The molecule has 1 rings (SSSR count). The number of hydrogen-bond acceptors (Lipinski definition) is 4. The van der Waals surface area contributed by atoms with Crippen molar-refractivity contribution in [1.29, 1.82) is 0 Å². The number of halogens is 1. The molecule has 78 valence electrons. The monoisotopic (exact) mass is 261 g/mol. The van der Waals surface area contributed by atoms with Crippen molar-refractivity contribution in [3.8, 4) is 0 Å². The van der Waals surface area contributed by atoms with E-state index in [1.165, 1.54) is 0 Å². The van der Waals surface area contributed by atoms with Crippen LogP contribution in [0.5, 0.6) is 0 Å². The lowest BCUT2D eigenvalue weighted by atomic mass is 10.6. The highest BCUT2D eigenvalue weighted by Gasteiger charge is 2.22. The van der Waals surface area contributed by atoms with E-state index in [9.17, 15) is 8.42 Å². The Morgan fingerprint density at radius 2 is 1.77 bits per heavy atom. The maximum atomic E-state index is 11.6. The second-order valence-electron chi connectivity index (χ2n) is 2.55. The molecule has 0 aromatic carbocycles. The van der Waals surface area contributed by atoms with E-state index < -0.39 is 10.0 Å². The number of alkyl halides is 1. The minimum atomic E-state index is -3.08. The Morgan fingerprint density at radius 3 is 2.23 bits per heavy atom. The van der Waals surface area contributed by atoms with Crippen molar-refractivity contribution in [3.63, 3.8) is 0 Å². The van der Waals surface area contributed by atoms with Gasteiger partial charge in [0, 0.05) is 30.5 Å². The van der Waals surface area contributed by atoms with Gasteiger partial charge >= 0.3 is 0 Å². The molecule has 1 aliphatic heterocycles. The Morgan fingerprint density at radius 1 is 1.23 bits per heavy atom. The summed E-state index contributed by atoms with van der Waals surface area (Å²) < 4.78 is 24.7. The largest absolute Gasteiger partial charge is 0.215 e. The molecule has 0 radical (unpaired) electrons. The summed E-state index contributed by atoms with van der Waals surface area (Å²) in [5.74, 6) is 1.97. The summed E-state index contributed by atoms with van der Waals surface area (Å²) in [6.07, 6.45) is 0. The lowest BCUT2D eigenvalue weighted by Crippen LogP contribution is -2.36. The van der Waals surface area contributed by atoms with Crippen molar-refractivity contribution in [2.75, 3.05) is 36.2 Å². The summed E-state index contributed by atoms with van der Waals surface area (Å²) >= 11 is 5.43. The standard InChI is InChI=1S/C6H12ClNO2S3/c7-1-6-13(9,10)8-2-4-11-12-5-3-8/h1-6H2. The number of rotatable bonds is 3. The smallest absolute Gasteiger partial charge is 0.212 e. The molecule has 0 aromatic heterocycles. The van der Waals surface area contributed by atoms with Crippen LogP contribution in [0.2, 0.25) is 0 Å². The zero-order valence-electron chi connectivity index (χ0n) is 7.11. The lowest BCUT2D eigenvalue weighted by molar-refractivity contribution is 0.452. The van der Waals surface area contributed by atoms with Crippen LogP contribution in [0, 0.1) is 0 Å². The van der Waals surface area contributed by atoms with Gasteiger partial charge in [0.1, 0.15) is 0 Å². The van der Waals surface area contributed by atoms with Crippen LogP contribution in [0.15, 0.2) is 0 Å². The predicted molar refractivity (Wildman–Crippen MR) is 61.0 cm³/mol. The van der Waals surface area contributed by atoms with E-state index in [0.717, 1.165) is 11.5 Å². The Kier molecular flexibility index (Phi) is 5.25. The van der Waals surface area contributed by atoms with Crippen LogP contribution in [0.25, 0.3) is 0 Å². The number of hydrogen-bond donors (Lipinski definition) is 0. The van der Waals surface area contributed by atoms with Crippen LogP contribution in [0.4, 0.5) is 0 Å². The molecular weight excluding hydrogens is 250 g/mol. The molecular formula is C6H12ClNO2S3. The SMILES string of the molecule is O=S(=O)(CCCl)N1CCSSCC1. The molecule has 0 saturated carbocycles. The first-order chi connectivity index (χ1) is 6.17. The second-order valence-corrected chi connectivity index (χ2v) is 7.72. The summed E-state index contributed by atoms with van der Waals surface area (Å²) in [5, 5.41) is 0. The molecule has 0 aliphatic carbocycles. The fourth-order valence-corrected chi connectivity index (χ4v) is 5.00. The summed E-state index contributed by atoms with van der Waals surface area (Å²) in [5.41, 5.74) is 0. The van der Waals surface area contributed by atoms with E-state index in [0.29, 0.717) is 13.1 Å². The van der Waals surface area contributed by atoms with Gasteiger partial charge in [-0.2, -0.15) is 0 Å². The van der Waals surface area contributed by atoms with Crippen molar-refractivity contribution in [3.05, 3.63) is 0 Å². The normalized spacial score (nSPS) is 21.3. The first-order valence-electron chi connectivity index (χ1n) is 3.95. The molecule has 1 saturated heterocycles. The van der Waals surface area contributed by atoms with Gasteiger partial charge in [-0.05, 0) is 0 Å². The highest BCUT2D eigenvalue weighted by Crippen LogP contribution is 2.24. The molecule has 0 amide bonds. The highest BCUT2D eigenvalue weighted by molar-refractivity contribution is 8.76. The third-order valence-corrected chi connectivity index (χ3v) is 6.31. The fourth-order valence-electron chi connectivity index (χ4n) is 1.01. The average molecular weight is 262 g/mol. The molecule has 0 aromatic rings. The zero-order chi connectivity index (χ0) is 9.73. The van der Waals surface area contributed by atoms with Crippen molar-refractivity contribution < 1.29 is 8.42 Å². The summed E-state index contributed by atoms with van der Waals surface area (Å²) in [6, 6.07) is 0. The van der Waals surface area contributed by atoms with Crippen LogP contribution in [0.1, 0.15) is 0 Å². The quantitative estimate of drug-likeness (QED) is 0.566. The summed E-state index contributed by atoms with van der Waals surface area (Å²) in [6.45, 7) is 1.24. The molecule has 0 bridgehead atoms. The third kappa shape index (κ3) is 3.87. The van der Waals surface area contributed by atoms with Gasteiger partial charge in [0.2, 0.25) is 10.0 Å². The van der Waals surface area contributed by atoms with Crippen LogP contribution in [-0.4, -0.2) is 49.0 Å². The van der Waals surface area contributed by atoms with E-state index in [2.05, 4.69) is 0 Å². The minimum Gasteiger partial charge on any atom is -0.212 e. The van der Waals surface area contributed by atoms with E-state index in [1.807, 2.05) is 0 Å². The van der Waals surface area contributed by atoms with Gasteiger partial charge in [-0.1, -0.05) is 21.6 Å². The topological polar surface area (TPSA) is 37.4 Å². The van der Waals surface area contributed by atoms with Gasteiger partial charge in [-0.3, -0.25) is 0 Å². The minimum absolute atomic E-state index is 0.0594. The van der Waals surface area contributed by atoms with E-state index >= 15 is 0 Å². The van der Waals surface area contributed by atoms with Crippen LogP contribution < -0.4 is 0 Å². The Balaban J connectivity index is 2.57. The van der Waals surface area contributed by atoms with Crippen molar-refractivity contribution in [1.82, 2.24) is 4.31 Å². The average Bonchev–Trinajstić information content (AvgIpc) is 2.31. The Bertz CT molecular complexity index is 236. The fraction of sp³-hybridized carbons (Fsp3) is 1.00. The number of nitrogens with zero attached hydrogens (tertiary/aromatic N) is 1. The van der Waals surface area contributed by atoms with Gasteiger partial charge < -0.3 is 0 Å². The van der Waals surface area contributed by atoms with Gasteiger partial charge in [0.25, 0.3) is 0 Å². The Labute approximate surface area is 92.0 Å². The molecule has 1 fully saturated rings. The van der Waals surface area contributed by atoms with Gasteiger partial charge in [-0.15, -0.1) is 11.6 Å². The summed E-state index contributed by atoms with van der Waals surface area (Å²) in [4.78, 5) is 0. The molecule has 0 atom stereocenters. The van der Waals surface area contributed by atoms with Crippen LogP contribution >= 0.6 is 33.2 Å². The molecule has 0 spiro atoms. The second kappa shape index (κ2) is 5.70. The zero-order valence-corrected chi connectivity index (χ0v) is 10.3. The first-order valence-corrected chi connectivity index (χ1v) is 8.58. The first kappa shape index (κ1) is 12.0. The van der Waals surface area contributed by atoms with E-state index in [-0.39, 0.29) is 11.6 Å². The third-order valence-electron chi connectivity index (χ3n) is 1.66. The van der Waals surface area contributed by atoms with E-state index in [4.69, 9.17) is 11.6 Å². The number of sulfonamides is 1. The highest BCUT2D eigenvalue weighted by atomic mass is 35.5. The lowest BCUT2D eigenvalue weighted by Gasteiger charge is -2.18. The molecule has 13 heavy (non-hydrogen) atoms. The van der Waals surface area contributed by atoms with Gasteiger partial charge in [0.05, 0.1) is 5.75 Å². The van der Waals surface area contributed by atoms with Gasteiger partial charge in [0.15, 0.2) is 0 Å². The van der Waals surface area contributed by atoms with Crippen molar-refractivity contribution in [2.24, 2.45) is 0 Å². The van der Waals surface area contributed by atoms with Crippen molar-refractivity contribution in [2.45, 2.75) is 0 Å². The predicted octanol–water partition coefficient (Wildman–Crippen LogP) is 1.25. The van der Waals surface area contributed by atoms with Crippen molar-refractivity contribution >= 4 is 43.2 Å². The molecule has 1 aliphatic rings. The van der Waals surface area contributed by atoms with Crippen LogP contribution in [-0.2, 0) is 10.0 Å². The molecule has 1 heterocycles. The molecule has 0 N–H and O–H groups in total. The molecule has 0 unspecified atom stereocenters. The Hall–Kier alpha value is 0.900. The molecule has 3 nitrogen and oxygen atoms in total.